The van der Waals surface area contributed by atoms with Gasteiger partial charge in [-0.25, -0.2) is 17.9 Å². The summed E-state index contributed by atoms with van der Waals surface area (Å²) in [6.45, 7) is 5.88. The zero-order chi connectivity index (χ0) is 15.2. The molecule has 0 spiro atoms. The molecule has 112 valence electrons. The Kier molecular flexibility index (Phi) is 6.16. The molecular formula is C14H21NO4S. The van der Waals surface area contributed by atoms with Crippen molar-refractivity contribution in [1.29, 1.82) is 0 Å². The van der Waals surface area contributed by atoms with Gasteiger partial charge in [0.15, 0.2) is 0 Å². The summed E-state index contributed by atoms with van der Waals surface area (Å²) in [5, 5.41) is 0. The van der Waals surface area contributed by atoms with Crippen molar-refractivity contribution in [2.24, 2.45) is 0 Å². The fraction of sp³-hybridized carbons (Fsp3) is 0.500. The monoisotopic (exact) mass is 299 g/mol. The first kappa shape index (κ1) is 16.7. The summed E-state index contributed by atoms with van der Waals surface area (Å²) in [4.78, 5) is 11.8. The molecule has 5 nitrogen and oxygen atoms in total. The molecular weight excluding hydrogens is 278 g/mol. The molecule has 1 N–H and O–H groups in total. The van der Waals surface area contributed by atoms with Crippen molar-refractivity contribution in [3.05, 3.63) is 29.8 Å². The van der Waals surface area contributed by atoms with Crippen molar-refractivity contribution >= 4 is 16.0 Å². The Labute approximate surface area is 120 Å². The van der Waals surface area contributed by atoms with Crippen molar-refractivity contribution in [3.8, 4) is 0 Å². The van der Waals surface area contributed by atoms with Crippen molar-refractivity contribution in [2.75, 3.05) is 6.61 Å². The van der Waals surface area contributed by atoms with Crippen molar-refractivity contribution in [2.45, 2.75) is 44.6 Å². The fourth-order valence-corrected chi connectivity index (χ4v) is 2.79. The number of nitrogens with one attached hydrogen (secondary N) is 1. The Bertz CT molecular complexity index is 535. The zero-order valence-electron chi connectivity index (χ0n) is 12.0. The summed E-state index contributed by atoms with van der Waals surface area (Å²) in [5.74, 6) is -0.431. The molecule has 0 aliphatic carbocycles. The summed E-state index contributed by atoms with van der Waals surface area (Å²) < 4.78 is 31.4. The van der Waals surface area contributed by atoms with E-state index < -0.39 is 16.0 Å². The van der Waals surface area contributed by atoms with Gasteiger partial charge in [0.1, 0.15) is 0 Å². The highest BCUT2D eigenvalue weighted by atomic mass is 32.2. The molecule has 0 amide bonds. The highest BCUT2D eigenvalue weighted by Crippen LogP contribution is 2.12. The quantitative estimate of drug-likeness (QED) is 0.619. The number of benzene rings is 1. The van der Waals surface area contributed by atoms with Gasteiger partial charge in [-0.15, -0.1) is 0 Å². The van der Waals surface area contributed by atoms with Gasteiger partial charge in [0.05, 0.1) is 17.1 Å². The highest BCUT2D eigenvalue weighted by molar-refractivity contribution is 7.89. The minimum absolute atomic E-state index is 0.135. The van der Waals surface area contributed by atoms with E-state index in [9.17, 15) is 13.2 Å². The van der Waals surface area contributed by atoms with Gasteiger partial charge in [-0.1, -0.05) is 13.3 Å². The first-order valence-electron chi connectivity index (χ1n) is 6.66. The van der Waals surface area contributed by atoms with Crippen LogP contribution in [0.2, 0.25) is 0 Å². The summed E-state index contributed by atoms with van der Waals surface area (Å²) in [7, 11) is -3.53. The topological polar surface area (TPSA) is 72.5 Å². The van der Waals surface area contributed by atoms with Crippen LogP contribution in [0.5, 0.6) is 0 Å². The molecule has 0 saturated carbocycles. The minimum atomic E-state index is -3.53. The second-order valence-electron chi connectivity index (χ2n) is 4.79. The maximum absolute atomic E-state index is 11.9. The Morgan fingerprint density at radius 3 is 2.35 bits per heavy atom. The van der Waals surface area contributed by atoms with E-state index in [4.69, 9.17) is 4.74 Å². The summed E-state index contributed by atoms with van der Waals surface area (Å²) in [6.07, 6.45) is 1.77. The molecule has 0 fully saturated rings. The number of carbonyl (C=O) groups excluding carboxylic acids is 1. The van der Waals surface area contributed by atoms with Crippen molar-refractivity contribution in [3.63, 3.8) is 0 Å². The van der Waals surface area contributed by atoms with Crippen LogP contribution in [0.15, 0.2) is 29.2 Å². The molecule has 6 heteroatoms. The van der Waals surface area contributed by atoms with Crippen molar-refractivity contribution < 1.29 is 17.9 Å². The maximum Gasteiger partial charge on any atom is 0.338 e. The molecule has 0 atom stereocenters. The largest absolute Gasteiger partial charge is 0.462 e. The van der Waals surface area contributed by atoms with Gasteiger partial charge in [-0.2, -0.15) is 0 Å². The summed E-state index contributed by atoms with van der Waals surface area (Å²) >= 11 is 0. The number of carbonyl (C=O) groups is 1. The fourth-order valence-electron chi connectivity index (χ4n) is 1.54. The number of hydrogen-bond donors (Lipinski definition) is 1. The predicted octanol–water partition coefficient (Wildman–Crippen LogP) is 2.33. The van der Waals surface area contributed by atoms with Crippen LogP contribution in [0, 0.1) is 0 Å². The van der Waals surface area contributed by atoms with Gasteiger partial charge < -0.3 is 4.74 Å². The van der Waals surface area contributed by atoms with Gasteiger partial charge in [0, 0.05) is 6.04 Å². The lowest BCUT2D eigenvalue weighted by Gasteiger charge is -2.10. The molecule has 1 rings (SSSR count). The molecule has 0 unspecified atom stereocenters. The van der Waals surface area contributed by atoms with Crippen LogP contribution in [-0.4, -0.2) is 27.0 Å². The average molecular weight is 299 g/mol. The molecule has 0 aliphatic rings. The molecule has 1 aromatic rings. The van der Waals surface area contributed by atoms with E-state index in [-0.39, 0.29) is 10.9 Å². The molecule has 0 bridgehead atoms. The van der Waals surface area contributed by atoms with Crippen LogP contribution in [0.25, 0.3) is 0 Å². The number of rotatable bonds is 7. The van der Waals surface area contributed by atoms with E-state index in [1.165, 1.54) is 24.3 Å². The van der Waals surface area contributed by atoms with Crippen LogP contribution in [-0.2, 0) is 14.8 Å². The molecule has 0 aliphatic heterocycles. The smallest absolute Gasteiger partial charge is 0.338 e. The Morgan fingerprint density at radius 1 is 1.25 bits per heavy atom. The maximum atomic E-state index is 11.9. The number of sulfonamides is 1. The molecule has 20 heavy (non-hydrogen) atoms. The SMILES string of the molecule is CCCCOC(=O)c1ccc(S(=O)(=O)NC(C)C)cc1. The van der Waals surface area contributed by atoms with E-state index in [1.807, 2.05) is 6.92 Å². The Balaban J connectivity index is 2.76. The first-order chi connectivity index (χ1) is 9.36. The van der Waals surface area contributed by atoms with E-state index in [2.05, 4.69) is 4.72 Å². The standard InChI is InChI=1S/C14H21NO4S/c1-4-5-10-19-14(16)12-6-8-13(9-7-12)20(17,18)15-11(2)3/h6-9,11,15H,4-5,10H2,1-3H3. The number of unbranched alkanes of at least 4 members (excludes halogenated alkanes) is 1. The molecule has 1 aromatic carbocycles. The lowest BCUT2D eigenvalue weighted by molar-refractivity contribution is 0.0499. The van der Waals surface area contributed by atoms with E-state index in [0.29, 0.717) is 12.2 Å². The second-order valence-corrected chi connectivity index (χ2v) is 6.50. The van der Waals surface area contributed by atoms with Crippen molar-refractivity contribution in [1.82, 2.24) is 4.72 Å². The van der Waals surface area contributed by atoms with Crippen LogP contribution in [0.4, 0.5) is 0 Å². The molecule has 0 saturated heterocycles. The van der Waals surface area contributed by atoms with Gasteiger partial charge >= 0.3 is 5.97 Å². The third kappa shape index (κ3) is 4.94. The van der Waals surface area contributed by atoms with E-state index in [0.717, 1.165) is 12.8 Å². The Morgan fingerprint density at radius 2 is 1.85 bits per heavy atom. The lowest BCUT2D eigenvalue weighted by atomic mass is 10.2. The van der Waals surface area contributed by atoms with E-state index >= 15 is 0 Å². The molecule has 0 radical (unpaired) electrons. The third-order valence-corrected chi connectivity index (χ3v) is 4.20. The Hall–Kier alpha value is -1.40. The van der Waals surface area contributed by atoms with Crippen LogP contribution in [0.3, 0.4) is 0 Å². The normalized spacial score (nSPS) is 11.6. The number of hydrogen-bond acceptors (Lipinski definition) is 4. The molecule has 0 heterocycles. The first-order valence-corrected chi connectivity index (χ1v) is 8.14. The van der Waals surface area contributed by atoms with Gasteiger partial charge in [-0.05, 0) is 44.5 Å². The highest BCUT2D eigenvalue weighted by Gasteiger charge is 2.16. The van der Waals surface area contributed by atoms with Gasteiger partial charge in [0.2, 0.25) is 10.0 Å². The van der Waals surface area contributed by atoms with Gasteiger partial charge in [-0.3, -0.25) is 0 Å². The lowest BCUT2D eigenvalue weighted by Crippen LogP contribution is -2.30. The zero-order valence-corrected chi connectivity index (χ0v) is 12.9. The van der Waals surface area contributed by atoms with E-state index in [1.54, 1.807) is 13.8 Å². The number of esters is 1. The summed E-state index contributed by atoms with van der Waals surface area (Å²) in [6, 6.07) is 5.55. The van der Waals surface area contributed by atoms with Crippen LogP contribution >= 0.6 is 0 Å². The third-order valence-electron chi connectivity index (χ3n) is 2.52. The molecule has 0 aromatic heterocycles. The predicted molar refractivity (Wildman–Crippen MR) is 77.1 cm³/mol. The average Bonchev–Trinajstić information content (AvgIpc) is 2.37. The van der Waals surface area contributed by atoms with Gasteiger partial charge in [0.25, 0.3) is 0 Å². The second kappa shape index (κ2) is 7.40. The van der Waals surface area contributed by atoms with Crippen LogP contribution < -0.4 is 4.72 Å². The minimum Gasteiger partial charge on any atom is -0.462 e. The number of ether oxygens (including phenoxy) is 1. The summed E-state index contributed by atoms with van der Waals surface area (Å²) in [5.41, 5.74) is 0.351. The van der Waals surface area contributed by atoms with Crippen LogP contribution in [0.1, 0.15) is 44.0 Å².